The summed E-state index contributed by atoms with van der Waals surface area (Å²) in [5.74, 6) is 0. The minimum atomic E-state index is -1.01. The fourth-order valence-electron chi connectivity index (χ4n) is 1.40. The quantitative estimate of drug-likeness (QED) is 0.376. The van der Waals surface area contributed by atoms with Crippen LogP contribution in [-0.4, -0.2) is 49.6 Å². The van der Waals surface area contributed by atoms with Crippen molar-refractivity contribution in [2.75, 3.05) is 13.6 Å². The number of benzene rings is 2. The largest absolute Gasteiger partial charge is 0.387 e. The van der Waals surface area contributed by atoms with Gasteiger partial charge in [0.05, 0.1) is 11.2 Å². The molecule has 5 nitrogen and oxygen atoms in total. The van der Waals surface area contributed by atoms with Crippen molar-refractivity contribution in [1.82, 2.24) is 0 Å². The Balaban J connectivity index is -0.000000338. The van der Waals surface area contributed by atoms with Gasteiger partial charge in [-0.05, 0) is 72.3 Å². The van der Waals surface area contributed by atoms with Gasteiger partial charge in [-0.25, -0.2) is 0 Å². The number of carbonyl (C=O) groups excluding carboxylic acids is 1. The van der Waals surface area contributed by atoms with Gasteiger partial charge in [-0.3, -0.25) is 0 Å². The third-order valence-electron chi connectivity index (χ3n) is 3.94. The number of carbonyl (C=O) groups is 1. The zero-order valence-corrected chi connectivity index (χ0v) is 20.1. The van der Waals surface area contributed by atoms with Crippen molar-refractivity contribution in [3.05, 3.63) is 59.7 Å². The zero-order valence-electron chi connectivity index (χ0n) is 19.2. The van der Waals surface area contributed by atoms with Gasteiger partial charge >= 0.3 is 0 Å². The lowest BCUT2D eigenvalue weighted by atomic mass is 9.90. The van der Waals surface area contributed by atoms with Crippen LogP contribution in [0.25, 0.3) is 0 Å². The second kappa shape index (κ2) is 18.2. The van der Waals surface area contributed by atoms with Crippen LogP contribution in [0.1, 0.15) is 38.8 Å². The van der Waals surface area contributed by atoms with Gasteiger partial charge < -0.3 is 26.5 Å². The number of aliphatic hydroxyl groups is 2. The molecule has 2 aromatic carbocycles. The Labute approximate surface area is 189 Å². The molecular formula is C23H39BN2O3S. The van der Waals surface area contributed by atoms with Crippen LogP contribution in [0.15, 0.2) is 53.4 Å². The van der Waals surface area contributed by atoms with Gasteiger partial charge in [0.1, 0.15) is 14.6 Å². The summed E-state index contributed by atoms with van der Waals surface area (Å²) < 4.78 is 0. The third-order valence-corrected chi connectivity index (χ3v) is 4.24. The fraction of sp³-hybridized carbons (Fsp3) is 0.435. The molecule has 2 rings (SSSR count). The number of rotatable bonds is 3. The molecule has 0 heterocycles. The van der Waals surface area contributed by atoms with Gasteiger partial charge in [-0.2, -0.15) is 0 Å². The molecule has 0 amide bonds. The predicted octanol–water partition coefficient (Wildman–Crippen LogP) is 2.18. The van der Waals surface area contributed by atoms with Crippen molar-refractivity contribution >= 4 is 32.7 Å². The third kappa shape index (κ3) is 18.4. The zero-order chi connectivity index (χ0) is 24.4. The van der Waals surface area contributed by atoms with Crippen LogP contribution in [0, 0.1) is 6.92 Å². The number of hydrogen-bond acceptors (Lipinski definition) is 6. The van der Waals surface area contributed by atoms with E-state index in [1.54, 1.807) is 27.7 Å². The topological polar surface area (TPSA) is 110 Å². The first-order valence-electron chi connectivity index (χ1n) is 9.48. The Bertz CT molecular complexity index is 604. The monoisotopic (exact) mass is 434 g/mol. The van der Waals surface area contributed by atoms with E-state index in [0.29, 0.717) is 6.54 Å². The van der Waals surface area contributed by atoms with Crippen LogP contribution in [0.4, 0.5) is 0 Å². The van der Waals surface area contributed by atoms with E-state index in [9.17, 15) is 0 Å². The molecule has 2 aromatic rings. The normalized spacial score (nSPS) is 9.83. The van der Waals surface area contributed by atoms with E-state index in [2.05, 4.69) is 25.3 Å². The van der Waals surface area contributed by atoms with Crippen LogP contribution in [-0.2, 0) is 11.2 Å². The summed E-state index contributed by atoms with van der Waals surface area (Å²) in [6, 6.07) is 15.8. The maximum atomic E-state index is 9.10. The van der Waals surface area contributed by atoms with E-state index >= 15 is 0 Å². The summed E-state index contributed by atoms with van der Waals surface area (Å²) in [6.45, 7) is 11.1. The van der Waals surface area contributed by atoms with Gasteiger partial charge in [0.15, 0.2) is 0 Å². The summed E-state index contributed by atoms with van der Waals surface area (Å²) >= 11 is 4.13. The van der Waals surface area contributed by atoms with Crippen LogP contribution in [0.5, 0.6) is 0 Å². The molecule has 0 aromatic heterocycles. The van der Waals surface area contributed by atoms with Crippen LogP contribution < -0.4 is 16.9 Å². The van der Waals surface area contributed by atoms with Crippen molar-refractivity contribution in [3.8, 4) is 0 Å². The molecular weight excluding hydrogens is 395 g/mol. The highest BCUT2D eigenvalue weighted by atomic mass is 32.1. The molecule has 0 fully saturated rings. The van der Waals surface area contributed by atoms with Gasteiger partial charge in [0.2, 0.25) is 0 Å². The Morgan fingerprint density at radius 1 is 0.900 bits per heavy atom. The van der Waals surface area contributed by atoms with E-state index < -0.39 is 11.2 Å². The van der Waals surface area contributed by atoms with E-state index in [1.807, 2.05) is 55.3 Å². The summed E-state index contributed by atoms with van der Waals surface area (Å²) in [4.78, 5) is 9.02. The Hall–Kier alpha value is -1.64. The summed E-state index contributed by atoms with van der Waals surface area (Å²) in [6.07, 6.45) is 0.931. The maximum Gasteiger partial charge on any atom is 0.113 e. The average molecular weight is 434 g/mol. The smallest absolute Gasteiger partial charge is 0.113 e. The Kier molecular flexibility index (Phi) is 20.0. The van der Waals surface area contributed by atoms with E-state index in [0.717, 1.165) is 16.8 Å². The molecule has 0 aliphatic carbocycles. The molecule has 0 saturated carbocycles. The average Bonchev–Trinajstić information content (AvgIpc) is 2.69. The standard InChI is InChI=1S/C8H10BN.C7H8S.C6H14O2.CH5N.CH2O/c9-8-3-1-7(2-4-8)5-6-10;1-6-2-4-7(8)5-3-6;1-5(2,7)6(3,4)8;2*1-2/h1-4H,5-6,10H2;2-5,8H,1H3;7-8H,1-4H3;2H2,1H3;1H2. The van der Waals surface area contributed by atoms with E-state index in [1.165, 1.54) is 18.2 Å². The van der Waals surface area contributed by atoms with Crippen molar-refractivity contribution in [2.45, 2.75) is 57.1 Å². The molecule has 6 N–H and O–H groups in total. The first-order chi connectivity index (χ1) is 13.9. The number of aryl methyl sites for hydroxylation is 1. The highest BCUT2D eigenvalue weighted by Crippen LogP contribution is 2.19. The molecule has 0 aliphatic heterocycles. The second-order valence-electron chi connectivity index (χ2n) is 7.23. The van der Waals surface area contributed by atoms with Gasteiger partial charge in [-0.1, -0.05) is 47.4 Å². The maximum absolute atomic E-state index is 9.10. The van der Waals surface area contributed by atoms with Crippen molar-refractivity contribution in [1.29, 1.82) is 0 Å². The Morgan fingerprint density at radius 3 is 1.53 bits per heavy atom. The molecule has 0 spiro atoms. The Morgan fingerprint density at radius 2 is 1.27 bits per heavy atom. The number of thiol groups is 1. The van der Waals surface area contributed by atoms with Crippen molar-refractivity contribution in [2.24, 2.45) is 11.5 Å². The minimum Gasteiger partial charge on any atom is -0.387 e. The summed E-state index contributed by atoms with van der Waals surface area (Å²) in [5, 5.41) is 18.2. The summed E-state index contributed by atoms with van der Waals surface area (Å²) in [5.41, 5.74) is 11.2. The molecule has 168 valence electrons. The lowest BCUT2D eigenvalue weighted by molar-refractivity contribution is -0.107. The lowest BCUT2D eigenvalue weighted by Gasteiger charge is -2.31. The molecule has 7 heteroatoms. The van der Waals surface area contributed by atoms with E-state index in [-0.39, 0.29) is 0 Å². The van der Waals surface area contributed by atoms with Gasteiger partial charge in [0, 0.05) is 4.90 Å². The molecule has 2 radical (unpaired) electrons. The highest BCUT2D eigenvalue weighted by Gasteiger charge is 2.31. The fourth-order valence-corrected chi connectivity index (χ4v) is 1.54. The molecule has 30 heavy (non-hydrogen) atoms. The first-order valence-corrected chi connectivity index (χ1v) is 9.93. The van der Waals surface area contributed by atoms with Crippen molar-refractivity contribution < 1.29 is 15.0 Å². The molecule has 0 bridgehead atoms. The van der Waals surface area contributed by atoms with Crippen molar-refractivity contribution in [3.63, 3.8) is 0 Å². The first kappa shape index (κ1) is 33.0. The van der Waals surface area contributed by atoms with Crippen LogP contribution >= 0.6 is 12.6 Å². The number of nitrogens with two attached hydrogens (primary N) is 2. The molecule has 0 atom stereocenters. The van der Waals surface area contributed by atoms with Gasteiger partial charge in [0.25, 0.3) is 0 Å². The molecule has 0 aliphatic rings. The SMILES string of the molecule is C=O.CC(C)(O)C(C)(C)O.CN.Cc1ccc(S)cc1.[B]c1ccc(CCN)cc1. The molecule has 0 unspecified atom stereocenters. The lowest BCUT2D eigenvalue weighted by Crippen LogP contribution is -2.44. The second-order valence-corrected chi connectivity index (χ2v) is 7.75. The van der Waals surface area contributed by atoms with Crippen LogP contribution in [0.2, 0.25) is 0 Å². The van der Waals surface area contributed by atoms with E-state index in [4.69, 9.17) is 28.6 Å². The number of hydrogen-bond donors (Lipinski definition) is 5. The van der Waals surface area contributed by atoms with Gasteiger partial charge in [-0.15, -0.1) is 12.6 Å². The predicted molar refractivity (Wildman–Crippen MR) is 133 cm³/mol. The summed E-state index contributed by atoms with van der Waals surface area (Å²) in [7, 11) is 6.99. The molecule has 0 saturated heterocycles. The van der Waals surface area contributed by atoms with Crippen LogP contribution in [0.3, 0.4) is 0 Å². The highest BCUT2D eigenvalue weighted by molar-refractivity contribution is 7.80. The minimum absolute atomic E-state index is 0.698.